The van der Waals surface area contributed by atoms with E-state index in [0.29, 0.717) is 0 Å². The molecule has 0 bridgehead atoms. The Hall–Kier alpha value is -0.870. The van der Waals surface area contributed by atoms with Gasteiger partial charge in [0, 0.05) is 18.8 Å². The first kappa shape index (κ1) is 12.2. The van der Waals surface area contributed by atoms with Gasteiger partial charge in [0.25, 0.3) is 0 Å². The molecule has 100 valence electrons. The van der Waals surface area contributed by atoms with Crippen LogP contribution < -0.4 is 5.32 Å². The highest BCUT2D eigenvalue weighted by Gasteiger charge is 2.26. The van der Waals surface area contributed by atoms with E-state index in [9.17, 15) is 0 Å². The third kappa shape index (κ3) is 2.75. The molecule has 4 nitrogen and oxygen atoms in total. The Morgan fingerprint density at radius 2 is 2.06 bits per heavy atom. The lowest BCUT2D eigenvalue weighted by molar-refractivity contribution is 0.173. The lowest BCUT2D eigenvalue weighted by Crippen LogP contribution is -2.36. The van der Waals surface area contributed by atoms with E-state index in [2.05, 4.69) is 33.0 Å². The van der Waals surface area contributed by atoms with Crippen molar-refractivity contribution in [3.05, 3.63) is 18.2 Å². The summed E-state index contributed by atoms with van der Waals surface area (Å²) in [6, 6.07) is 0.754. The number of hydrogen-bond donors (Lipinski definition) is 1. The minimum Gasteiger partial charge on any atom is -0.330 e. The van der Waals surface area contributed by atoms with E-state index < -0.39 is 0 Å². The molecule has 1 saturated carbocycles. The molecule has 0 amide bonds. The molecule has 1 aromatic rings. The van der Waals surface area contributed by atoms with E-state index in [1.807, 2.05) is 6.33 Å². The molecular formula is C14H24N4. The lowest BCUT2D eigenvalue weighted by atomic mass is 9.97. The van der Waals surface area contributed by atoms with Crippen LogP contribution in [-0.4, -0.2) is 41.1 Å². The van der Waals surface area contributed by atoms with Crippen LogP contribution in [0.15, 0.2) is 12.5 Å². The zero-order chi connectivity index (χ0) is 12.4. The van der Waals surface area contributed by atoms with Crippen molar-refractivity contribution < 1.29 is 0 Å². The molecule has 0 radical (unpaired) electrons. The predicted octanol–water partition coefficient (Wildman–Crippen LogP) is 1.65. The minimum absolute atomic E-state index is 0.754. The number of likely N-dealkylation sites (tertiary alicyclic amines) is 1. The summed E-state index contributed by atoms with van der Waals surface area (Å²) in [5.74, 6) is 0.875. The zero-order valence-corrected chi connectivity index (χ0v) is 11.3. The Balaban J connectivity index is 1.52. The summed E-state index contributed by atoms with van der Waals surface area (Å²) >= 11 is 0. The van der Waals surface area contributed by atoms with Crippen LogP contribution in [0.25, 0.3) is 0 Å². The predicted molar refractivity (Wildman–Crippen MR) is 72.4 cm³/mol. The highest BCUT2D eigenvalue weighted by atomic mass is 15.2. The minimum atomic E-state index is 0.754. The quantitative estimate of drug-likeness (QED) is 0.860. The molecular weight excluding hydrogens is 224 g/mol. The van der Waals surface area contributed by atoms with Gasteiger partial charge >= 0.3 is 0 Å². The Morgan fingerprint density at radius 1 is 1.28 bits per heavy atom. The maximum Gasteiger partial charge on any atom is 0.0951 e. The van der Waals surface area contributed by atoms with Crippen LogP contribution in [0, 0.1) is 5.92 Å². The number of nitrogens with one attached hydrogen (secondary N) is 1. The fourth-order valence-electron chi connectivity index (χ4n) is 3.00. The number of rotatable bonds is 5. The van der Waals surface area contributed by atoms with Gasteiger partial charge in [-0.1, -0.05) is 0 Å². The van der Waals surface area contributed by atoms with Crippen molar-refractivity contribution in [3.63, 3.8) is 0 Å². The van der Waals surface area contributed by atoms with Gasteiger partial charge < -0.3 is 9.88 Å². The van der Waals surface area contributed by atoms with E-state index in [0.717, 1.165) is 18.5 Å². The number of aromatic nitrogens is 2. The summed E-state index contributed by atoms with van der Waals surface area (Å²) < 4.78 is 2.39. The summed E-state index contributed by atoms with van der Waals surface area (Å²) in [5.41, 5.74) is 1.41. The van der Waals surface area contributed by atoms with Gasteiger partial charge in [-0.05, 0) is 58.3 Å². The second-order valence-electron chi connectivity index (χ2n) is 5.80. The topological polar surface area (TPSA) is 33.1 Å². The molecule has 0 spiro atoms. The second-order valence-corrected chi connectivity index (χ2v) is 5.80. The van der Waals surface area contributed by atoms with Crippen LogP contribution in [-0.2, 0) is 6.54 Å². The van der Waals surface area contributed by atoms with Crippen molar-refractivity contribution in [2.45, 2.75) is 38.3 Å². The van der Waals surface area contributed by atoms with E-state index in [-0.39, 0.29) is 0 Å². The molecule has 2 heterocycles. The molecule has 1 saturated heterocycles. The van der Waals surface area contributed by atoms with Crippen molar-refractivity contribution in [1.29, 1.82) is 0 Å². The molecule has 1 aliphatic carbocycles. The Morgan fingerprint density at radius 3 is 2.72 bits per heavy atom. The number of imidazole rings is 1. The molecule has 0 unspecified atom stereocenters. The van der Waals surface area contributed by atoms with Crippen molar-refractivity contribution in [2.24, 2.45) is 5.92 Å². The maximum absolute atomic E-state index is 4.32. The van der Waals surface area contributed by atoms with Crippen molar-refractivity contribution >= 4 is 0 Å². The van der Waals surface area contributed by atoms with Crippen LogP contribution in [0.1, 0.15) is 37.4 Å². The Labute approximate surface area is 109 Å². The summed E-state index contributed by atoms with van der Waals surface area (Å²) in [6.07, 6.45) is 9.41. The van der Waals surface area contributed by atoms with Crippen LogP contribution >= 0.6 is 0 Å². The van der Waals surface area contributed by atoms with Crippen LogP contribution in [0.4, 0.5) is 0 Å². The van der Waals surface area contributed by atoms with Crippen molar-refractivity contribution in [3.8, 4) is 0 Å². The first-order chi connectivity index (χ1) is 8.86. The summed E-state index contributed by atoms with van der Waals surface area (Å²) in [5, 5.41) is 3.30. The molecule has 2 aliphatic rings. The SMILES string of the molecule is CNCC1CCN(Cc2cncn2C2CC2)CC1. The average molecular weight is 248 g/mol. The van der Waals surface area contributed by atoms with Crippen molar-refractivity contribution in [1.82, 2.24) is 19.8 Å². The van der Waals surface area contributed by atoms with Gasteiger partial charge in [-0.3, -0.25) is 4.90 Å². The fraction of sp³-hybridized carbons (Fsp3) is 0.786. The lowest BCUT2D eigenvalue weighted by Gasteiger charge is -2.31. The number of piperidine rings is 1. The number of nitrogens with zero attached hydrogens (tertiary/aromatic N) is 3. The van der Waals surface area contributed by atoms with Gasteiger partial charge in [0.15, 0.2) is 0 Å². The summed E-state index contributed by atoms with van der Waals surface area (Å²) in [4.78, 5) is 6.90. The van der Waals surface area contributed by atoms with Gasteiger partial charge in [0.1, 0.15) is 0 Å². The van der Waals surface area contributed by atoms with Crippen molar-refractivity contribution in [2.75, 3.05) is 26.7 Å². The van der Waals surface area contributed by atoms with Crippen LogP contribution in [0.5, 0.6) is 0 Å². The molecule has 18 heavy (non-hydrogen) atoms. The standard InChI is InChI=1S/C14H24N4/c1-15-8-12-4-6-17(7-5-12)10-14-9-16-11-18(14)13-2-3-13/h9,11-13,15H,2-8,10H2,1H3. The molecule has 4 heteroatoms. The maximum atomic E-state index is 4.32. The smallest absolute Gasteiger partial charge is 0.0951 e. The van der Waals surface area contributed by atoms with Crippen LogP contribution in [0.3, 0.4) is 0 Å². The van der Waals surface area contributed by atoms with Gasteiger partial charge in [-0.25, -0.2) is 4.98 Å². The third-order valence-electron chi connectivity index (χ3n) is 4.27. The fourth-order valence-corrected chi connectivity index (χ4v) is 3.00. The molecule has 1 N–H and O–H groups in total. The third-order valence-corrected chi connectivity index (χ3v) is 4.27. The van der Waals surface area contributed by atoms with E-state index in [4.69, 9.17) is 0 Å². The Bertz CT molecular complexity index is 375. The average Bonchev–Trinajstić information content (AvgIpc) is 3.13. The normalized spacial score (nSPS) is 22.5. The molecule has 0 aromatic carbocycles. The Kier molecular flexibility index (Phi) is 3.66. The van der Waals surface area contributed by atoms with Crippen LogP contribution in [0.2, 0.25) is 0 Å². The van der Waals surface area contributed by atoms with E-state index in [1.165, 1.54) is 51.0 Å². The highest BCUT2D eigenvalue weighted by molar-refractivity contribution is 5.03. The molecule has 1 aliphatic heterocycles. The first-order valence-corrected chi connectivity index (χ1v) is 7.24. The van der Waals surface area contributed by atoms with Gasteiger partial charge in [-0.15, -0.1) is 0 Å². The zero-order valence-electron chi connectivity index (χ0n) is 11.3. The molecule has 0 atom stereocenters. The van der Waals surface area contributed by atoms with Gasteiger partial charge in [-0.2, -0.15) is 0 Å². The van der Waals surface area contributed by atoms with Gasteiger partial charge in [0.2, 0.25) is 0 Å². The van der Waals surface area contributed by atoms with Gasteiger partial charge in [0.05, 0.1) is 12.0 Å². The second kappa shape index (κ2) is 5.41. The highest BCUT2D eigenvalue weighted by Crippen LogP contribution is 2.36. The molecule has 3 rings (SSSR count). The summed E-state index contributed by atoms with van der Waals surface area (Å²) in [6.45, 7) is 4.74. The van der Waals surface area contributed by atoms with E-state index >= 15 is 0 Å². The monoisotopic (exact) mass is 248 g/mol. The first-order valence-electron chi connectivity index (χ1n) is 7.24. The largest absolute Gasteiger partial charge is 0.330 e. The molecule has 2 fully saturated rings. The molecule has 1 aromatic heterocycles. The summed E-state index contributed by atoms with van der Waals surface area (Å²) in [7, 11) is 2.06. The number of hydrogen-bond acceptors (Lipinski definition) is 3. The van der Waals surface area contributed by atoms with E-state index in [1.54, 1.807) is 0 Å².